The van der Waals surface area contributed by atoms with Crippen molar-refractivity contribution >= 4 is 10.2 Å². The lowest BCUT2D eigenvalue weighted by atomic mass is 9.86. The molecule has 19 heavy (non-hydrogen) atoms. The SMILES string of the molecule is CC(C)N[C@H](CN(C)S(=O)(=O)N1CCC1)C(C)(C)C. The maximum atomic E-state index is 12.3. The van der Waals surface area contributed by atoms with Gasteiger partial charge in [0.2, 0.25) is 0 Å². The van der Waals surface area contributed by atoms with Gasteiger partial charge in [-0.05, 0) is 11.8 Å². The molecular weight excluding hydrogens is 262 g/mol. The summed E-state index contributed by atoms with van der Waals surface area (Å²) in [5, 5.41) is 3.47. The van der Waals surface area contributed by atoms with Gasteiger partial charge in [0.1, 0.15) is 0 Å². The summed E-state index contributed by atoms with van der Waals surface area (Å²) in [5.74, 6) is 0. The quantitative estimate of drug-likeness (QED) is 0.802. The average Bonchev–Trinajstić information content (AvgIpc) is 2.10. The zero-order valence-electron chi connectivity index (χ0n) is 13.1. The molecule has 1 rings (SSSR count). The minimum atomic E-state index is -3.27. The van der Waals surface area contributed by atoms with Crippen LogP contribution < -0.4 is 5.32 Å². The standard InChI is InChI=1S/C13H29N3O2S/c1-11(2)14-12(13(3,4)5)10-15(6)19(17,18)16-8-7-9-16/h11-12,14H,7-10H2,1-6H3/t12-/m1/s1. The molecular formula is C13H29N3O2S. The van der Waals surface area contributed by atoms with Gasteiger partial charge in [0, 0.05) is 38.8 Å². The van der Waals surface area contributed by atoms with Gasteiger partial charge >= 0.3 is 0 Å². The molecule has 114 valence electrons. The minimum absolute atomic E-state index is 0.0169. The van der Waals surface area contributed by atoms with Crippen LogP contribution in [0.1, 0.15) is 41.0 Å². The van der Waals surface area contributed by atoms with Crippen molar-refractivity contribution in [3.05, 3.63) is 0 Å². The topological polar surface area (TPSA) is 52.7 Å². The van der Waals surface area contributed by atoms with Gasteiger partial charge in [-0.25, -0.2) is 0 Å². The molecule has 1 aliphatic rings. The van der Waals surface area contributed by atoms with Gasteiger partial charge in [-0.2, -0.15) is 17.0 Å². The van der Waals surface area contributed by atoms with Crippen LogP contribution in [0.25, 0.3) is 0 Å². The molecule has 0 spiro atoms. The van der Waals surface area contributed by atoms with E-state index in [0.29, 0.717) is 25.7 Å². The molecule has 0 saturated carbocycles. The summed E-state index contributed by atoms with van der Waals surface area (Å²) in [7, 11) is -1.59. The van der Waals surface area contributed by atoms with Gasteiger partial charge in [0.25, 0.3) is 10.2 Å². The predicted octanol–water partition coefficient (Wildman–Crippen LogP) is 1.28. The summed E-state index contributed by atoms with van der Waals surface area (Å²) in [6, 6.07) is 0.470. The summed E-state index contributed by atoms with van der Waals surface area (Å²) >= 11 is 0. The van der Waals surface area contributed by atoms with Crippen LogP contribution in [0.5, 0.6) is 0 Å². The van der Waals surface area contributed by atoms with E-state index in [-0.39, 0.29) is 11.5 Å². The molecule has 1 N–H and O–H groups in total. The Morgan fingerprint density at radius 2 is 1.79 bits per heavy atom. The Labute approximate surface area is 118 Å². The minimum Gasteiger partial charge on any atom is -0.310 e. The average molecular weight is 291 g/mol. The largest absolute Gasteiger partial charge is 0.310 e. The molecule has 0 radical (unpaired) electrons. The van der Waals surface area contributed by atoms with E-state index >= 15 is 0 Å². The van der Waals surface area contributed by atoms with E-state index in [2.05, 4.69) is 39.9 Å². The zero-order chi connectivity index (χ0) is 14.8. The Morgan fingerprint density at radius 1 is 1.26 bits per heavy atom. The normalized spacial score (nSPS) is 19.8. The fourth-order valence-electron chi connectivity index (χ4n) is 2.05. The third kappa shape index (κ3) is 4.41. The Bertz CT molecular complexity index is 383. The van der Waals surface area contributed by atoms with Crippen LogP contribution in [0, 0.1) is 5.41 Å². The second-order valence-corrected chi connectivity index (χ2v) is 8.82. The van der Waals surface area contributed by atoms with Gasteiger partial charge < -0.3 is 5.32 Å². The number of nitrogens with one attached hydrogen (secondary N) is 1. The van der Waals surface area contributed by atoms with E-state index in [1.807, 2.05) is 0 Å². The number of likely N-dealkylation sites (N-methyl/N-ethyl adjacent to an activating group) is 1. The van der Waals surface area contributed by atoms with Crippen LogP contribution in [-0.4, -0.2) is 55.8 Å². The highest BCUT2D eigenvalue weighted by molar-refractivity contribution is 7.86. The van der Waals surface area contributed by atoms with Gasteiger partial charge in [-0.1, -0.05) is 34.6 Å². The first-order valence-electron chi connectivity index (χ1n) is 7.02. The van der Waals surface area contributed by atoms with Crippen molar-refractivity contribution in [2.24, 2.45) is 5.41 Å². The van der Waals surface area contributed by atoms with Gasteiger partial charge in [0.15, 0.2) is 0 Å². The Balaban J connectivity index is 2.73. The lowest BCUT2D eigenvalue weighted by molar-refractivity contribution is 0.211. The summed E-state index contributed by atoms with van der Waals surface area (Å²) in [6.45, 7) is 12.4. The third-order valence-corrected chi connectivity index (χ3v) is 5.51. The Kier molecular flexibility index (Phi) is 5.40. The Hall–Kier alpha value is -0.170. The molecule has 1 atom stereocenters. The molecule has 6 heteroatoms. The maximum absolute atomic E-state index is 12.3. The number of hydrogen-bond donors (Lipinski definition) is 1. The first-order valence-corrected chi connectivity index (χ1v) is 8.42. The van der Waals surface area contributed by atoms with Crippen LogP contribution in [0.15, 0.2) is 0 Å². The highest BCUT2D eigenvalue weighted by Gasteiger charge is 2.35. The first-order chi connectivity index (χ1) is 8.55. The van der Waals surface area contributed by atoms with Crippen molar-refractivity contribution in [1.82, 2.24) is 13.9 Å². The highest BCUT2D eigenvalue weighted by Crippen LogP contribution is 2.23. The molecule has 0 aromatic carbocycles. The second kappa shape index (κ2) is 6.08. The van der Waals surface area contributed by atoms with Crippen molar-refractivity contribution in [3.63, 3.8) is 0 Å². The maximum Gasteiger partial charge on any atom is 0.281 e. The molecule has 0 aliphatic carbocycles. The third-order valence-electron chi connectivity index (χ3n) is 3.55. The first kappa shape index (κ1) is 16.9. The lowest BCUT2D eigenvalue weighted by Gasteiger charge is -2.39. The van der Waals surface area contributed by atoms with Crippen LogP contribution in [0.2, 0.25) is 0 Å². The van der Waals surface area contributed by atoms with Crippen LogP contribution in [0.3, 0.4) is 0 Å². The van der Waals surface area contributed by atoms with Crippen molar-refractivity contribution in [2.45, 2.75) is 53.1 Å². The predicted molar refractivity (Wildman–Crippen MR) is 79.3 cm³/mol. The van der Waals surface area contributed by atoms with Crippen LogP contribution in [-0.2, 0) is 10.2 Å². The van der Waals surface area contributed by atoms with Gasteiger partial charge in [0.05, 0.1) is 0 Å². The highest BCUT2D eigenvalue weighted by atomic mass is 32.2. The molecule has 0 amide bonds. The summed E-state index contributed by atoms with van der Waals surface area (Å²) in [5.41, 5.74) is 0.0169. The lowest BCUT2D eigenvalue weighted by Crippen LogP contribution is -2.55. The van der Waals surface area contributed by atoms with Crippen molar-refractivity contribution in [2.75, 3.05) is 26.7 Å². The van der Waals surface area contributed by atoms with Crippen molar-refractivity contribution < 1.29 is 8.42 Å². The van der Waals surface area contributed by atoms with E-state index in [9.17, 15) is 8.42 Å². The van der Waals surface area contributed by atoms with Crippen LogP contribution in [0.4, 0.5) is 0 Å². The summed E-state index contributed by atoms with van der Waals surface area (Å²) in [4.78, 5) is 0. The number of rotatable bonds is 6. The molecule has 1 aliphatic heterocycles. The molecule has 0 aromatic rings. The van der Waals surface area contributed by atoms with E-state index in [0.717, 1.165) is 6.42 Å². The molecule has 1 fully saturated rings. The molecule has 5 nitrogen and oxygen atoms in total. The van der Waals surface area contributed by atoms with Gasteiger partial charge in [-0.15, -0.1) is 0 Å². The summed E-state index contributed by atoms with van der Waals surface area (Å²) < 4.78 is 27.6. The molecule has 1 heterocycles. The second-order valence-electron chi connectivity index (χ2n) is 6.78. The monoisotopic (exact) mass is 291 g/mol. The van der Waals surface area contributed by atoms with Crippen molar-refractivity contribution in [1.29, 1.82) is 0 Å². The molecule has 0 aromatic heterocycles. The number of nitrogens with zero attached hydrogens (tertiary/aromatic N) is 2. The summed E-state index contributed by atoms with van der Waals surface area (Å²) in [6.07, 6.45) is 0.972. The van der Waals surface area contributed by atoms with Crippen LogP contribution >= 0.6 is 0 Å². The fraction of sp³-hybridized carbons (Fsp3) is 1.00. The molecule has 0 unspecified atom stereocenters. The molecule has 0 bridgehead atoms. The van der Waals surface area contributed by atoms with E-state index in [1.165, 1.54) is 4.31 Å². The molecule has 1 saturated heterocycles. The zero-order valence-corrected chi connectivity index (χ0v) is 13.9. The fourth-order valence-corrected chi connectivity index (χ4v) is 3.50. The van der Waals surface area contributed by atoms with E-state index < -0.39 is 10.2 Å². The van der Waals surface area contributed by atoms with E-state index in [4.69, 9.17) is 0 Å². The van der Waals surface area contributed by atoms with E-state index in [1.54, 1.807) is 11.4 Å². The number of hydrogen-bond acceptors (Lipinski definition) is 3. The smallest absolute Gasteiger partial charge is 0.281 e. The van der Waals surface area contributed by atoms with Crippen molar-refractivity contribution in [3.8, 4) is 0 Å². The Morgan fingerprint density at radius 3 is 2.11 bits per heavy atom. The van der Waals surface area contributed by atoms with Gasteiger partial charge in [-0.3, -0.25) is 0 Å².